The second kappa shape index (κ2) is 7.39. The molecule has 0 unspecified atom stereocenters. The Hall–Kier alpha value is -0.480. The molecule has 126 valence electrons. The van der Waals surface area contributed by atoms with Crippen molar-refractivity contribution < 1.29 is 28.7 Å². The lowest BCUT2D eigenvalue weighted by Crippen LogP contribution is -2.31. The van der Waals surface area contributed by atoms with Crippen molar-refractivity contribution in [1.82, 2.24) is 0 Å². The zero-order valence-corrected chi connectivity index (χ0v) is 14.6. The molecule has 0 fully saturated rings. The summed E-state index contributed by atoms with van der Waals surface area (Å²) in [5.74, 6) is 0. The van der Waals surface area contributed by atoms with Gasteiger partial charge in [-0.3, -0.25) is 9.13 Å². The van der Waals surface area contributed by atoms with Gasteiger partial charge in [-0.15, -0.1) is 0 Å². The molecule has 0 spiro atoms. The highest BCUT2D eigenvalue weighted by molar-refractivity contribution is 7.72. The topological polar surface area (TPSA) is 115 Å². The lowest BCUT2D eigenvalue weighted by Gasteiger charge is -2.33. The van der Waals surface area contributed by atoms with E-state index in [1.807, 2.05) is 12.1 Å². The fraction of sp³-hybridized carbons (Fsp3) is 0.571. The van der Waals surface area contributed by atoms with E-state index in [2.05, 4.69) is 6.92 Å². The third kappa shape index (κ3) is 4.29. The largest absolute Gasteiger partial charge is 0.344 e. The summed E-state index contributed by atoms with van der Waals surface area (Å²) in [6, 6.07) is 7.04. The molecule has 0 atom stereocenters. The minimum absolute atomic E-state index is 0.306. The van der Waals surface area contributed by atoms with Crippen molar-refractivity contribution in [1.29, 1.82) is 0 Å². The molecule has 1 aromatic carbocycles. The summed E-state index contributed by atoms with van der Waals surface area (Å²) in [5, 5.41) is 0. The quantitative estimate of drug-likeness (QED) is 0.536. The van der Waals surface area contributed by atoms with Crippen molar-refractivity contribution in [2.75, 3.05) is 0 Å². The van der Waals surface area contributed by atoms with Gasteiger partial charge in [-0.25, -0.2) is 0 Å². The van der Waals surface area contributed by atoms with Crippen LogP contribution in [-0.2, 0) is 22.0 Å². The van der Waals surface area contributed by atoms with Gasteiger partial charge in [0.15, 0.2) is 4.90 Å². The Morgan fingerprint density at radius 2 is 1.36 bits per heavy atom. The summed E-state index contributed by atoms with van der Waals surface area (Å²) in [7, 11) is -9.97. The predicted octanol–water partition coefficient (Wildman–Crippen LogP) is 3.03. The summed E-state index contributed by atoms with van der Waals surface area (Å²) in [6.45, 7) is 3.47. The standard InChI is InChI=1S/C14H24O6P2/c1-3-5-6-12-7-9-13(10-8-12)11-14(4-2,21(15,16)17)22(18,19)20/h7-10H,3-6,11H2,1-2H3,(H2,15,16,17)(H2,18,19,20). The summed E-state index contributed by atoms with van der Waals surface area (Å²) in [5.41, 5.74) is 1.61. The molecule has 0 aliphatic heterocycles. The van der Waals surface area contributed by atoms with E-state index >= 15 is 0 Å². The lowest BCUT2D eigenvalue weighted by molar-refractivity contribution is 0.302. The molecule has 0 amide bonds. The fourth-order valence-electron chi connectivity index (χ4n) is 2.44. The van der Waals surface area contributed by atoms with Crippen molar-refractivity contribution >= 4 is 15.2 Å². The molecule has 6 nitrogen and oxygen atoms in total. The van der Waals surface area contributed by atoms with Crippen LogP contribution in [-0.4, -0.2) is 24.5 Å². The van der Waals surface area contributed by atoms with Crippen LogP contribution in [0.25, 0.3) is 0 Å². The van der Waals surface area contributed by atoms with Crippen molar-refractivity contribution in [2.24, 2.45) is 0 Å². The van der Waals surface area contributed by atoms with E-state index in [-0.39, 0.29) is 12.8 Å². The summed E-state index contributed by atoms with van der Waals surface area (Å²) in [4.78, 5) is 35.7. The van der Waals surface area contributed by atoms with Crippen LogP contribution in [0.1, 0.15) is 44.2 Å². The third-order valence-corrected chi connectivity index (χ3v) is 8.66. The molecule has 0 heterocycles. The molecule has 0 saturated heterocycles. The highest BCUT2D eigenvalue weighted by Crippen LogP contribution is 2.71. The molecule has 1 aromatic rings. The van der Waals surface area contributed by atoms with E-state index < -0.39 is 20.1 Å². The Labute approximate surface area is 130 Å². The fourth-order valence-corrected chi connectivity index (χ4v) is 5.40. The van der Waals surface area contributed by atoms with Gasteiger partial charge >= 0.3 is 15.2 Å². The van der Waals surface area contributed by atoms with Gasteiger partial charge in [0.1, 0.15) is 0 Å². The maximum absolute atomic E-state index is 11.7. The highest BCUT2D eigenvalue weighted by Gasteiger charge is 2.58. The minimum Gasteiger partial charge on any atom is -0.324 e. The number of rotatable bonds is 8. The Morgan fingerprint density at radius 1 is 0.909 bits per heavy atom. The van der Waals surface area contributed by atoms with E-state index in [1.54, 1.807) is 12.1 Å². The average Bonchev–Trinajstić information content (AvgIpc) is 2.41. The molecule has 22 heavy (non-hydrogen) atoms. The monoisotopic (exact) mass is 350 g/mol. The smallest absolute Gasteiger partial charge is 0.324 e. The van der Waals surface area contributed by atoms with Gasteiger partial charge in [0.25, 0.3) is 0 Å². The van der Waals surface area contributed by atoms with Crippen LogP contribution < -0.4 is 0 Å². The number of benzene rings is 1. The van der Waals surface area contributed by atoms with E-state index in [0.29, 0.717) is 5.56 Å². The maximum Gasteiger partial charge on any atom is 0.344 e. The van der Waals surface area contributed by atoms with Crippen molar-refractivity contribution in [3.05, 3.63) is 35.4 Å². The van der Waals surface area contributed by atoms with Crippen molar-refractivity contribution in [3.63, 3.8) is 0 Å². The van der Waals surface area contributed by atoms with Gasteiger partial charge in [0.05, 0.1) is 0 Å². The van der Waals surface area contributed by atoms with E-state index in [4.69, 9.17) is 0 Å². The first-order valence-corrected chi connectivity index (χ1v) is 10.5. The Morgan fingerprint density at radius 3 is 1.73 bits per heavy atom. The molecule has 0 aliphatic rings. The van der Waals surface area contributed by atoms with Crippen LogP contribution in [0.15, 0.2) is 24.3 Å². The molecule has 0 radical (unpaired) electrons. The zero-order valence-electron chi connectivity index (χ0n) is 12.8. The first-order valence-electron chi connectivity index (χ1n) is 7.26. The molecule has 0 saturated carbocycles. The normalized spacial score (nSPS) is 13.4. The maximum atomic E-state index is 11.7. The minimum atomic E-state index is -4.99. The van der Waals surface area contributed by atoms with Crippen LogP contribution in [0.5, 0.6) is 0 Å². The highest BCUT2D eigenvalue weighted by atomic mass is 31.2. The number of hydrogen-bond donors (Lipinski definition) is 4. The van der Waals surface area contributed by atoms with Crippen LogP contribution in [0.4, 0.5) is 0 Å². The van der Waals surface area contributed by atoms with Gasteiger partial charge in [-0.1, -0.05) is 44.5 Å². The van der Waals surface area contributed by atoms with E-state index in [1.165, 1.54) is 6.92 Å². The first kappa shape index (κ1) is 19.6. The lowest BCUT2D eigenvalue weighted by atomic mass is 10.0. The molecule has 0 aromatic heterocycles. The molecule has 4 N–H and O–H groups in total. The van der Waals surface area contributed by atoms with Crippen LogP contribution in [0.3, 0.4) is 0 Å². The summed E-state index contributed by atoms with van der Waals surface area (Å²) in [6.07, 6.45) is 2.36. The van der Waals surface area contributed by atoms with Crippen LogP contribution in [0, 0.1) is 0 Å². The van der Waals surface area contributed by atoms with Crippen molar-refractivity contribution in [2.45, 2.75) is 50.8 Å². The van der Waals surface area contributed by atoms with Crippen molar-refractivity contribution in [3.8, 4) is 0 Å². The first-order chi connectivity index (χ1) is 10.1. The Balaban J connectivity index is 3.11. The molecular weight excluding hydrogens is 326 g/mol. The number of aryl methyl sites for hydroxylation is 1. The van der Waals surface area contributed by atoms with Crippen LogP contribution in [0.2, 0.25) is 0 Å². The van der Waals surface area contributed by atoms with Gasteiger partial charge in [-0.2, -0.15) is 0 Å². The summed E-state index contributed by atoms with van der Waals surface area (Å²) < 4.78 is 23.5. The van der Waals surface area contributed by atoms with Gasteiger partial charge in [0.2, 0.25) is 0 Å². The Bertz CT molecular complexity index is 550. The van der Waals surface area contributed by atoms with Gasteiger partial charge in [0, 0.05) is 6.42 Å². The molecule has 0 aliphatic carbocycles. The van der Waals surface area contributed by atoms with E-state index in [9.17, 15) is 28.7 Å². The second-order valence-electron chi connectivity index (χ2n) is 5.52. The summed E-state index contributed by atoms with van der Waals surface area (Å²) >= 11 is 0. The second-order valence-corrected chi connectivity index (χ2v) is 9.76. The van der Waals surface area contributed by atoms with Crippen LogP contribution >= 0.6 is 15.2 Å². The average molecular weight is 350 g/mol. The molecule has 1 rings (SSSR count). The zero-order chi connectivity index (χ0) is 17.0. The molecule has 0 bridgehead atoms. The number of hydrogen-bond acceptors (Lipinski definition) is 2. The van der Waals surface area contributed by atoms with Gasteiger partial charge in [-0.05, 0) is 30.4 Å². The third-order valence-electron chi connectivity index (χ3n) is 3.98. The Kier molecular flexibility index (Phi) is 6.58. The van der Waals surface area contributed by atoms with E-state index in [0.717, 1.165) is 24.8 Å². The van der Waals surface area contributed by atoms with Gasteiger partial charge < -0.3 is 19.6 Å². The molecular formula is C14H24O6P2. The molecule has 8 heteroatoms. The SMILES string of the molecule is CCCCc1ccc(CC(CC)(P(=O)(O)O)P(=O)(O)O)cc1. The predicted molar refractivity (Wildman–Crippen MR) is 85.9 cm³/mol. The number of unbranched alkanes of at least 4 members (excludes halogenated alkanes) is 1.